The topological polar surface area (TPSA) is 67.8 Å². The van der Waals surface area contributed by atoms with Crippen LogP contribution < -0.4 is 20.1 Å². The highest BCUT2D eigenvalue weighted by atomic mass is 127. The van der Waals surface area contributed by atoms with E-state index < -0.39 is 12.6 Å². The maximum atomic E-state index is 12.2. The van der Waals surface area contributed by atoms with Crippen molar-refractivity contribution in [3.05, 3.63) is 54.2 Å². The summed E-state index contributed by atoms with van der Waals surface area (Å²) in [5.41, 5.74) is 0.839. The highest BCUT2D eigenvalue weighted by Crippen LogP contribution is 2.18. The second kappa shape index (κ2) is 13.1. The largest absolute Gasteiger partial charge is 0.490 e. The van der Waals surface area contributed by atoms with Gasteiger partial charge >= 0.3 is 6.18 Å². The number of halogens is 4. The molecule has 2 aromatic rings. The van der Waals surface area contributed by atoms with E-state index in [1.165, 1.54) is 7.05 Å². The number of aromatic nitrogens is 1. The fourth-order valence-corrected chi connectivity index (χ4v) is 2.15. The Morgan fingerprint density at radius 3 is 2.38 bits per heavy atom. The highest BCUT2D eigenvalue weighted by molar-refractivity contribution is 14.0. The Morgan fingerprint density at radius 2 is 1.76 bits per heavy atom. The van der Waals surface area contributed by atoms with Crippen molar-refractivity contribution in [2.45, 2.75) is 19.1 Å². The Labute approximate surface area is 184 Å². The summed E-state index contributed by atoms with van der Waals surface area (Å²) in [6.45, 7) is 0.888. The van der Waals surface area contributed by atoms with Crippen LogP contribution in [0.2, 0.25) is 0 Å². The standard InChI is InChI=1S/C19H23F3N4O2.HI/c1-23-18(24-10-9-19(20,21)22)26-14-15-7-8-17(25-13-15)28-12-11-27-16-5-3-2-4-6-16;/h2-8,13H,9-12,14H2,1H3,(H2,23,24,26);1H. The molecule has 0 radical (unpaired) electrons. The van der Waals surface area contributed by atoms with E-state index in [0.717, 1.165) is 11.3 Å². The average molecular weight is 524 g/mol. The van der Waals surface area contributed by atoms with Crippen LogP contribution in [-0.4, -0.2) is 43.9 Å². The lowest BCUT2D eigenvalue weighted by atomic mass is 10.3. The van der Waals surface area contributed by atoms with Crippen LogP contribution in [0.25, 0.3) is 0 Å². The van der Waals surface area contributed by atoms with Gasteiger partial charge in [-0.2, -0.15) is 13.2 Å². The van der Waals surface area contributed by atoms with Gasteiger partial charge in [-0.15, -0.1) is 24.0 Å². The smallest absolute Gasteiger partial charge is 0.390 e. The summed E-state index contributed by atoms with van der Waals surface area (Å²) in [6, 6.07) is 13.0. The van der Waals surface area contributed by atoms with Gasteiger partial charge in [-0.3, -0.25) is 4.99 Å². The molecular formula is C19H24F3IN4O2. The number of para-hydroxylation sites is 1. The molecule has 1 heterocycles. The number of aliphatic imine (C=N–C) groups is 1. The summed E-state index contributed by atoms with van der Waals surface area (Å²) in [5.74, 6) is 1.54. The molecule has 0 spiro atoms. The van der Waals surface area contributed by atoms with Gasteiger partial charge in [0.2, 0.25) is 5.88 Å². The first kappa shape index (κ1) is 24.8. The number of nitrogens with zero attached hydrogens (tertiary/aromatic N) is 2. The van der Waals surface area contributed by atoms with Gasteiger partial charge in [-0.1, -0.05) is 24.3 Å². The van der Waals surface area contributed by atoms with Crippen LogP contribution in [0.5, 0.6) is 11.6 Å². The lowest BCUT2D eigenvalue weighted by molar-refractivity contribution is -0.132. The predicted molar refractivity (Wildman–Crippen MR) is 116 cm³/mol. The number of hydrogen-bond donors (Lipinski definition) is 2. The van der Waals surface area contributed by atoms with Gasteiger partial charge < -0.3 is 20.1 Å². The van der Waals surface area contributed by atoms with Crippen molar-refractivity contribution in [1.82, 2.24) is 15.6 Å². The number of guanidine groups is 1. The van der Waals surface area contributed by atoms with Gasteiger partial charge in [0, 0.05) is 32.4 Å². The first-order valence-electron chi connectivity index (χ1n) is 8.73. The summed E-state index contributed by atoms with van der Waals surface area (Å²) in [6.07, 6.45) is -3.49. The monoisotopic (exact) mass is 524 g/mol. The number of benzene rings is 1. The Kier molecular flexibility index (Phi) is 11.2. The third-order valence-electron chi connectivity index (χ3n) is 3.53. The molecule has 0 aliphatic rings. The SMILES string of the molecule is CN=C(NCCC(F)(F)F)NCc1ccc(OCCOc2ccccc2)nc1.I. The quantitative estimate of drug-likeness (QED) is 0.226. The van der Waals surface area contributed by atoms with Crippen LogP contribution >= 0.6 is 24.0 Å². The van der Waals surface area contributed by atoms with Gasteiger partial charge in [-0.05, 0) is 17.7 Å². The zero-order valence-electron chi connectivity index (χ0n) is 15.9. The number of hydrogen-bond acceptors (Lipinski definition) is 4. The summed E-state index contributed by atoms with van der Waals surface area (Å²) in [7, 11) is 1.50. The molecule has 0 amide bonds. The van der Waals surface area contributed by atoms with Crippen LogP contribution in [0.1, 0.15) is 12.0 Å². The molecule has 160 valence electrons. The van der Waals surface area contributed by atoms with E-state index in [1.54, 1.807) is 12.3 Å². The molecular weight excluding hydrogens is 500 g/mol. The molecule has 1 aromatic heterocycles. The zero-order valence-corrected chi connectivity index (χ0v) is 18.2. The van der Waals surface area contributed by atoms with E-state index in [4.69, 9.17) is 9.47 Å². The molecule has 0 saturated heterocycles. The molecule has 10 heteroatoms. The number of nitrogens with one attached hydrogen (secondary N) is 2. The van der Waals surface area contributed by atoms with E-state index in [-0.39, 0.29) is 30.5 Å². The fraction of sp³-hybridized carbons (Fsp3) is 0.368. The van der Waals surface area contributed by atoms with E-state index in [0.29, 0.717) is 31.6 Å². The lowest BCUT2D eigenvalue weighted by Crippen LogP contribution is -2.38. The normalized spacial score (nSPS) is 11.4. The number of alkyl halides is 3. The van der Waals surface area contributed by atoms with Gasteiger partial charge in [0.05, 0.1) is 6.42 Å². The van der Waals surface area contributed by atoms with Gasteiger partial charge in [0.15, 0.2) is 5.96 Å². The van der Waals surface area contributed by atoms with E-state index in [1.807, 2.05) is 36.4 Å². The minimum Gasteiger partial charge on any atom is -0.490 e. The molecule has 0 bridgehead atoms. The van der Waals surface area contributed by atoms with Gasteiger partial charge in [-0.25, -0.2) is 4.98 Å². The first-order chi connectivity index (χ1) is 13.5. The third kappa shape index (κ3) is 10.8. The number of ether oxygens (including phenoxy) is 2. The number of pyridine rings is 1. The molecule has 0 aliphatic heterocycles. The minimum absolute atomic E-state index is 0. The molecule has 0 fully saturated rings. The first-order valence-corrected chi connectivity index (χ1v) is 8.73. The molecule has 0 aliphatic carbocycles. The Balaban J connectivity index is 0.00000420. The Morgan fingerprint density at radius 1 is 1.03 bits per heavy atom. The summed E-state index contributed by atoms with van der Waals surface area (Å²) < 4.78 is 47.5. The maximum absolute atomic E-state index is 12.2. The molecule has 2 N–H and O–H groups in total. The minimum atomic E-state index is -4.20. The van der Waals surface area contributed by atoms with Crippen molar-refractivity contribution >= 4 is 29.9 Å². The third-order valence-corrected chi connectivity index (χ3v) is 3.53. The average Bonchev–Trinajstić information content (AvgIpc) is 2.69. The zero-order chi connectivity index (χ0) is 20.2. The molecule has 1 aromatic carbocycles. The van der Waals surface area contributed by atoms with E-state index >= 15 is 0 Å². The second-order valence-corrected chi connectivity index (χ2v) is 5.73. The van der Waals surface area contributed by atoms with Crippen molar-refractivity contribution in [3.63, 3.8) is 0 Å². The van der Waals surface area contributed by atoms with E-state index in [9.17, 15) is 13.2 Å². The fourth-order valence-electron chi connectivity index (χ4n) is 2.15. The highest BCUT2D eigenvalue weighted by Gasteiger charge is 2.26. The van der Waals surface area contributed by atoms with Crippen LogP contribution in [-0.2, 0) is 6.54 Å². The molecule has 2 rings (SSSR count). The van der Waals surface area contributed by atoms with Crippen LogP contribution in [0.4, 0.5) is 13.2 Å². The van der Waals surface area contributed by atoms with Crippen molar-refractivity contribution in [2.75, 3.05) is 26.8 Å². The Bertz CT molecular complexity index is 728. The van der Waals surface area contributed by atoms with Crippen LogP contribution in [0.3, 0.4) is 0 Å². The molecule has 0 unspecified atom stereocenters. The van der Waals surface area contributed by atoms with Gasteiger partial charge in [0.25, 0.3) is 0 Å². The summed E-state index contributed by atoms with van der Waals surface area (Å²) in [5, 5.41) is 5.55. The van der Waals surface area contributed by atoms with Crippen LogP contribution in [0.15, 0.2) is 53.7 Å². The van der Waals surface area contributed by atoms with Crippen molar-refractivity contribution in [1.29, 1.82) is 0 Å². The summed E-state index contributed by atoms with van der Waals surface area (Å²) in [4.78, 5) is 8.08. The van der Waals surface area contributed by atoms with E-state index in [2.05, 4.69) is 20.6 Å². The molecule has 6 nitrogen and oxygen atoms in total. The molecule has 0 saturated carbocycles. The molecule has 0 atom stereocenters. The lowest BCUT2D eigenvalue weighted by Gasteiger charge is -2.13. The van der Waals surface area contributed by atoms with Crippen molar-refractivity contribution in [2.24, 2.45) is 4.99 Å². The van der Waals surface area contributed by atoms with Gasteiger partial charge in [0.1, 0.15) is 19.0 Å². The summed E-state index contributed by atoms with van der Waals surface area (Å²) >= 11 is 0. The van der Waals surface area contributed by atoms with Crippen LogP contribution in [0, 0.1) is 0 Å². The van der Waals surface area contributed by atoms with Crippen molar-refractivity contribution in [3.8, 4) is 11.6 Å². The maximum Gasteiger partial charge on any atom is 0.390 e. The number of rotatable bonds is 9. The predicted octanol–water partition coefficient (Wildman–Crippen LogP) is 3.77. The second-order valence-electron chi connectivity index (χ2n) is 5.73. The Hall–Kier alpha value is -2.24. The van der Waals surface area contributed by atoms with Crippen molar-refractivity contribution < 1.29 is 22.6 Å². The molecule has 29 heavy (non-hydrogen) atoms.